The highest BCUT2D eigenvalue weighted by atomic mass is 16.1. The molecule has 0 atom stereocenters. The predicted molar refractivity (Wildman–Crippen MR) is 71.4 cm³/mol. The first-order chi connectivity index (χ1) is 9.20. The lowest BCUT2D eigenvalue weighted by Crippen LogP contribution is -2.15. The van der Waals surface area contributed by atoms with Crippen molar-refractivity contribution in [2.75, 3.05) is 5.32 Å². The Morgan fingerprint density at radius 1 is 1.47 bits per heavy atom. The number of amides is 1. The number of nitrogens with zero attached hydrogens (tertiary/aromatic N) is 3. The maximum absolute atomic E-state index is 11.8. The van der Waals surface area contributed by atoms with Gasteiger partial charge >= 0.3 is 0 Å². The van der Waals surface area contributed by atoms with E-state index >= 15 is 0 Å². The Morgan fingerprint density at radius 3 is 2.95 bits per heavy atom. The molecule has 2 rings (SSSR count). The normalized spacial score (nSPS) is 9.89. The van der Waals surface area contributed by atoms with Crippen LogP contribution >= 0.6 is 0 Å². The molecule has 0 saturated heterocycles. The molecule has 0 unspecified atom stereocenters. The van der Waals surface area contributed by atoms with Crippen molar-refractivity contribution in [2.45, 2.75) is 19.9 Å². The van der Waals surface area contributed by atoms with E-state index in [1.807, 2.05) is 23.8 Å². The summed E-state index contributed by atoms with van der Waals surface area (Å²) in [7, 11) is 0. The lowest BCUT2D eigenvalue weighted by molar-refractivity contribution is -0.116. The summed E-state index contributed by atoms with van der Waals surface area (Å²) in [6.45, 7) is 2.47. The number of para-hydroxylation sites is 1. The van der Waals surface area contributed by atoms with E-state index in [4.69, 9.17) is 5.26 Å². The van der Waals surface area contributed by atoms with Gasteiger partial charge in [-0.1, -0.05) is 12.1 Å². The first-order valence-corrected chi connectivity index (χ1v) is 5.97. The fourth-order valence-electron chi connectivity index (χ4n) is 1.76. The number of rotatable bonds is 4. The van der Waals surface area contributed by atoms with E-state index in [0.717, 1.165) is 5.82 Å². The second kappa shape index (κ2) is 5.83. The minimum Gasteiger partial charge on any atom is -0.335 e. The first kappa shape index (κ1) is 12.8. The Balaban J connectivity index is 1.95. The minimum absolute atomic E-state index is 0.115. The summed E-state index contributed by atoms with van der Waals surface area (Å²) in [5.74, 6) is 0.765. The minimum atomic E-state index is -0.115. The fraction of sp³-hybridized carbons (Fsp3) is 0.214. The molecule has 96 valence electrons. The topological polar surface area (TPSA) is 70.7 Å². The maximum Gasteiger partial charge on any atom is 0.226 e. The van der Waals surface area contributed by atoms with Crippen LogP contribution < -0.4 is 5.32 Å². The van der Waals surface area contributed by atoms with Crippen molar-refractivity contribution >= 4 is 11.6 Å². The molecule has 0 saturated carbocycles. The molecule has 19 heavy (non-hydrogen) atoms. The number of carbonyl (C=O) groups excluding carboxylic acids is 1. The van der Waals surface area contributed by atoms with Crippen molar-refractivity contribution in [1.29, 1.82) is 5.26 Å². The van der Waals surface area contributed by atoms with Gasteiger partial charge in [0.15, 0.2) is 0 Å². The number of benzene rings is 1. The van der Waals surface area contributed by atoms with Gasteiger partial charge in [0.25, 0.3) is 0 Å². The van der Waals surface area contributed by atoms with Gasteiger partial charge in [0.1, 0.15) is 11.9 Å². The number of hydrogen-bond donors (Lipinski definition) is 1. The van der Waals surface area contributed by atoms with Crippen molar-refractivity contribution in [2.24, 2.45) is 0 Å². The second-order valence-corrected chi connectivity index (χ2v) is 4.12. The standard InChI is InChI=1S/C14H14N4O/c1-11-16-7-9-18(11)8-6-14(19)17-13-5-3-2-4-12(13)10-15/h2-5,7,9H,6,8H2,1H3,(H,17,19). The number of aryl methyl sites for hydroxylation is 2. The highest BCUT2D eigenvalue weighted by Gasteiger charge is 2.07. The molecule has 0 aliphatic rings. The first-order valence-electron chi connectivity index (χ1n) is 5.97. The molecule has 2 aromatic rings. The van der Waals surface area contributed by atoms with Crippen LogP contribution in [-0.4, -0.2) is 15.5 Å². The van der Waals surface area contributed by atoms with Crippen LogP contribution in [0.4, 0.5) is 5.69 Å². The summed E-state index contributed by atoms with van der Waals surface area (Å²) in [6.07, 6.45) is 3.89. The van der Waals surface area contributed by atoms with Crippen LogP contribution in [0.15, 0.2) is 36.7 Å². The SMILES string of the molecule is Cc1nccn1CCC(=O)Nc1ccccc1C#N. The molecule has 1 aromatic heterocycles. The van der Waals surface area contributed by atoms with Gasteiger partial charge in [0.2, 0.25) is 5.91 Å². The Bertz CT molecular complexity index is 624. The Hall–Kier alpha value is -2.61. The van der Waals surface area contributed by atoms with Gasteiger partial charge in [-0.15, -0.1) is 0 Å². The van der Waals surface area contributed by atoms with Gasteiger partial charge in [0, 0.05) is 25.4 Å². The van der Waals surface area contributed by atoms with E-state index in [2.05, 4.69) is 10.3 Å². The molecular weight excluding hydrogens is 240 g/mol. The largest absolute Gasteiger partial charge is 0.335 e. The third-order valence-corrected chi connectivity index (χ3v) is 2.83. The zero-order valence-corrected chi connectivity index (χ0v) is 10.6. The summed E-state index contributed by atoms with van der Waals surface area (Å²) >= 11 is 0. The fourth-order valence-corrected chi connectivity index (χ4v) is 1.76. The molecular formula is C14H14N4O. The molecule has 0 radical (unpaired) electrons. The van der Waals surface area contributed by atoms with Crippen LogP contribution in [0.1, 0.15) is 17.8 Å². The van der Waals surface area contributed by atoms with Crippen molar-refractivity contribution in [1.82, 2.24) is 9.55 Å². The molecule has 1 heterocycles. The number of nitrogens with one attached hydrogen (secondary N) is 1. The maximum atomic E-state index is 11.8. The van der Waals surface area contributed by atoms with E-state index in [0.29, 0.717) is 24.2 Å². The molecule has 1 aromatic carbocycles. The van der Waals surface area contributed by atoms with Crippen LogP contribution in [0.3, 0.4) is 0 Å². The molecule has 0 aliphatic heterocycles. The summed E-state index contributed by atoms with van der Waals surface area (Å²) in [6, 6.07) is 9.00. The average Bonchev–Trinajstić information content (AvgIpc) is 2.82. The third kappa shape index (κ3) is 3.19. The lowest BCUT2D eigenvalue weighted by atomic mass is 10.2. The summed E-state index contributed by atoms with van der Waals surface area (Å²) < 4.78 is 1.91. The van der Waals surface area contributed by atoms with Crippen LogP contribution in [0.25, 0.3) is 0 Å². The monoisotopic (exact) mass is 254 g/mol. The quantitative estimate of drug-likeness (QED) is 0.908. The van der Waals surface area contributed by atoms with Crippen molar-refractivity contribution in [3.63, 3.8) is 0 Å². The van der Waals surface area contributed by atoms with Crippen LogP contribution in [-0.2, 0) is 11.3 Å². The molecule has 1 N–H and O–H groups in total. The Kier molecular flexibility index (Phi) is 3.94. The van der Waals surface area contributed by atoms with Crippen molar-refractivity contribution in [3.05, 3.63) is 48.0 Å². The number of carbonyl (C=O) groups is 1. The van der Waals surface area contributed by atoms with E-state index in [1.165, 1.54) is 0 Å². The molecule has 5 nitrogen and oxygen atoms in total. The van der Waals surface area contributed by atoms with Gasteiger partial charge in [0.05, 0.1) is 11.3 Å². The molecule has 1 amide bonds. The van der Waals surface area contributed by atoms with Gasteiger partial charge in [-0.25, -0.2) is 4.98 Å². The second-order valence-electron chi connectivity index (χ2n) is 4.12. The van der Waals surface area contributed by atoms with Crippen molar-refractivity contribution in [3.8, 4) is 6.07 Å². The van der Waals surface area contributed by atoms with Crippen LogP contribution in [0, 0.1) is 18.3 Å². The van der Waals surface area contributed by atoms with Crippen LogP contribution in [0.5, 0.6) is 0 Å². The predicted octanol–water partition coefficient (Wildman–Crippen LogP) is 2.09. The van der Waals surface area contributed by atoms with Gasteiger partial charge in [-0.05, 0) is 19.1 Å². The number of nitriles is 1. The highest BCUT2D eigenvalue weighted by Crippen LogP contribution is 2.13. The average molecular weight is 254 g/mol. The number of hydrogen-bond acceptors (Lipinski definition) is 3. The molecule has 5 heteroatoms. The Morgan fingerprint density at radius 2 is 2.26 bits per heavy atom. The third-order valence-electron chi connectivity index (χ3n) is 2.83. The number of anilines is 1. The van der Waals surface area contributed by atoms with Crippen molar-refractivity contribution < 1.29 is 4.79 Å². The lowest BCUT2D eigenvalue weighted by Gasteiger charge is -2.08. The zero-order valence-electron chi connectivity index (χ0n) is 10.6. The zero-order chi connectivity index (χ0) is 13.7. The molecule has 0 fully saturated rings. The highest BCUT2D eigenvalue weighted by molar-refractivity contribution is 5.92. The number of aromatic nitrogens is 2. The van der Waals surface area contributed by atoms with E-state index in [-0.39, 0.29) is 5.91 Å². The Labute approximate surface area is 111 Å². The van der Waals surface area contributed by atoms with Crippen LogP contribution in [0.2, 0.25) is 0 Å². The summed E-state index contributed by atoms with van der Waals surface area (Å²) in [4.78, 5) is 15.9. The van der Waals surface area contributed by atoms with E-state index < -0.39 is 0 Å². The van der Waals surface area contributed by atoms with Gasteiger partial charge in [-0.2, -0.15) is 5.26 Å². The number of imidazole rings is 1. The molecule has 0 aliphatic carbocycles. The smallest absolute Gasteiger partial charge is 0.226 e. The summed E-state index contributed by atoms with van der Waals surface area (Å²) in [5.41, 5.74) is 1.02. The molecule has 0 spiro atoms. The van der Waals surface area contributed by atoms with Gasteiger partial charge < -0.3 is 9.88 Å². The molecule has 0 bridgehead atoms. The van der Waals surface area contributed by atoms with E-state index in [9.17, 15) is 4.79 Å². The summed E-state index contributed by atoms with van der Waals surface area (Å²) in [5, 5.41) is 11.7. The van der Waals surface area contributed by atoms with E-state index in [1.54, 1.807) is 30.5 Å². The van der Waals surface area contributed by atoms with Gasteiger partial charge in [-0.3, -0.25) is 4.79 Å².